The number of allylic oxidation sites excluding steroid dienone is 3. The molecule has 0 saturated heterocycles. The van der Waals surface area contributed by atoms with Crippen LogP contribution in [0.2, 0.25) is 0 Å². The fourth-order valence-electron chi connectivity index (χ4n) is 8.73. The van der Waals surface area contributed by atoms with Gasteiger partial charge in [-0.05, 0) is 149 Å². The first-order valence-corrected chi connectivity index (χ1v) is 22.4. The van der Waals surface area contributed by atoms with E-state index < -0.39 is 0 Å². The lowest BCUT2D eigenvalue weighted by molar-refractivity contribution is 0.742. The molecule has 1 unspecified atom stereocenters. The van der Waals surface area contributed by atoms with Crippen LogP contribution in [-0.4, -0.2) is 0 Å². The lowest BCUT2D eigenvalue weighted by Gasteiger charge is -2.27. The zero-order chi connectivity index (χ0) is 40.8. The van der Waals surface area contributed by atoms with Crippen LogP contribution in [0.15, 0.2) is 224 Å². The summed E-state index contributed by atoms with van der Waals surface area (Å²) in [6.45, 7) is 0. The first-order chi connectivity index (χ1) is 30.2. The summed E-state index contributed by atoms with van der Waals surface area (Å²) >= 11 is 1.97. The molecule has 0 saturated carbocycles. The van der Waals surface area contributed by atoms with Crippen molar-refractivity contribution in [1.82, 2.24) is 0 Å². The highest BCUT2D eigenvalue weighted by Gasteiger charge is 2.21. The fraction of sp³-hybridized carbons (Fsp3) is 0.103. The van der Waals surface area contributed by atoms with Gasteiger partial charge in [-0.3, -0.25) is 0 Å². The van der Waals surface area contributed by atoms with Crippen LogP contribution >= 0.6 is 11.8 Å². The molecule has 61 heavy (non-hydrogen) atoms. The van der Waals surface area contributed by atoms with E-state index in [0.29, 0.717) is 5.25 Å². The highest BCUT2D eigenvalue weighted by molar-refractivity contribution is 8.08. The van der Waals surface area contributed by atoms with Gasteiger partial charge in [-0.15, -0.1) is 11.8 Å². The maximum atomic E-state index is 2.43. The summed E-state index contributed by atoms with van der Waals surface area (Å²) in [7, 11) is 0. The van der Waals surface area contributed by atoms with Gasteiger partial charge in [-0.1, -0.05) is 152 Å². The molecule has 0 spiro atoms. The minimum Gasteiger partial charge on any atom is -0.311 e. The van der Waals surface area contributed by atoms with Crippen molar-refractivity contribution in [2.75, 3.05) is 9.80 Å². The molecule has 0 amide bonds. The minimum atomic E-state index is 0.476. The number of anilines is 6. The maximum Gasteiger partial charge on any atom is 0.0462 e. The van der Waals surface area contributed by atoms with E-state index in [9.17, 15) is 0 Å². The molecule has 8 aromatic rings. The Balaban J connectivity index is 0.911. The van der Waals surface area contributed by atoms with Gasteiger partial charge in [-0.25, -0.2) is 0 Å². The van der Waals surface area contributed by atoms with Gasteiger partial charge in [0.1, 0.15) is 0 Å². The van der Waals surface area contributed by atoms with Crippen molar-refractivity contribution < 1.29 is 0 Å². The van der Waals surface area contributed by atoms with Gasteiger partial charge in [0.05, 0.1) is 0 Å². The predicted octanol–water partition coefficient (Wildman–Crippen LogP) is 17.1. The van der Waals surface area contributed by atoms with E-state index in [1.807, 2.05) is 11.8 Å². The van der Waals surface area contributed by atoms with Crippen molar-refractivity contribution in [3.05, 3.63) is 241 Å². The van der Waals surface area contributed by atoms with Crippen molar-refractivity contribution in [1.29, 1.82) is 0 Å². The Morgan fingerprint density at radius 1 is 0.344 bits per heavy atom. The van der Waals surface area contributed by atoms with E-state index in [1.165, 1.54) is 68.7 Å². The summed E-state index contributed by atoms with van der Waals surface area (Å²) in [4.78, 5) is 6.07. The van der Waals surface area contributed by atoms with Gasteiger partial charge in [0.25, 0.3) is 0 Å². The smallest absolute Gasteiger partial charge is 0.0462 e. The monoisotopic (exact) mass is 804 g/mol. The van der Waals surface area contributed by atoms with E-state index in [2.05, 4.69) is 234 Å². The summed E-state index contributed by atoms with van der Waals surface area (Å²) in [6, 6.07) is 77.3. The summed E-state index contributed by atoms with van der Waals surface area (Å²) in [6.07, 6.45) is 10.8. The van der Waals surface area contributed by atoms with Crippen molar-refractivity contribution in [3.8, 4) is 22.3 Å². The van der Waals surface area contributed by atoms with Crippen LogP contribution in [0.5, 0.6) is 0 Å². The number of thioether (sulfide) groups is 1. The van der Waals surface area contributed by atoms with Crippen LogP contribution in [-0.2, 0) is 0 Å². The van der Waals surface area contributed by atoms with Crippen LogP contribution in [0.4, 0.5) is 34.1 Å². The molecule has 3 heteroatoms. The average Bonchev–Trinajstić information content (AvgIpc) is 3.85. The minimum absolute atomic E-state index is 0.476. The molecule has 0 bridgehead atoms. The molecule has 2 nitrogen and oxygen atoms in total. The number of para-hydroxylation sites is 1. The number of benzene rings is 8. The zero-order valence-corrected chi connectivity index (χ0v) is 35.1. The number of hydrogen-bond donors (Lipinski definition) is 0. The summed E-state index contributed by atoms with van der Waals surface area (Å²) < 4.78 is 0. The third-order valence-electron chi connectivity index (χ3n) is 12.0. The quantitative estimate of drug-likeness (QED) is 0.129. The van der Waals surface area contributed by atoms with Gasteiger partial charge in [0, 0.05) is 44.3 Å². The third kappa shape index (κ3) is 8.48. The molecule has 8 aromatic carbocycles. The van der Waals surface area contributed by atoms with Crippen molar-refractivity contribution in [2.45, 2.75) is 37.4 Å². The van der Waals surface area contributed by atoms with Crippen LogP contribution in [0.3, 0.4) is 0 Å². The molecule has 0 N–H and O–H groups in total. The molecular formula is C58H48N2S. The lowest BCUT2D eigenvalue weighted by Crippen LogP contribution is -2.10. The second kappa shape index (κ2) is 17.8. The number of hydrogen-bond acceptors (Lipinski definition) is 3. The third-order valence-corrected chi connectivity index (χ3v) is 13.4. The van der Waals surface area contributed by atoms with Gasteiger partial charge < -0.3 is 9.80 Å². The number of nitrogens with zero attached hydrogens (tertiary/aromatic N) is 2. The second-order valence-corrected chi connectivity index (χ2v) is 17.1. The lowest BCUT2D eigenvalue weighted by atomic mass is 9.93. The standard InChI is InChI=1S/C58H48N2S/c1-5-13-43(14-6-1)45-21-31-53(32-22-45)60(54-33-23-46(24-34-54)44-15-7-2-8-16-44)55-37-27-48(28-38-55)47-25-35-52(36-26-47)59(51-19-11-4-12-20-51)56-39-29-50(30-40-56)58-42-41-57(61-58)49-17-9-3-10-18-49/h1,3-6,9-15,17-40,42,57H,2,7-8,16,41H2. The SMILES string of the molecule is C1=C(c2ccc(N(c3ccc(-c4ccccc4)cc3)c3ccc(-c4ccc(N(c5ccccc5)c5ccc(C6=CCC(c7ccccc7)S6)cc5)cc4)cc3)cc2)CCCC1. The van der Waals surface area contributed by atoms with Crippen LogP contribution < -0.4 is 9.80 Å². The highest BCUT2D eigenvalue weighted by Crippen LogP contribution is 2.48. The second-order valence-electron chi connectivity index (χ2n) is 15.9. The molecular weight excluding hydrogens is 757 g/mol. The Morgan fingerprint density at radius 3 is 1.20 bits per heavy atom. The zero-order valence-electron chi connectivity index (χ0n) is 34.3. The Morgan fingerprint density at radius 2 is 0.738 bits per heavy atom. The van der Waals surface area contributed by atoms with Crippen LogP contribution in [0, 0.1) is 0 Å². The van der Waals surface area contributed by atoms with Crippen LogP contribution in [0.25, 0.3) is 32.7 Å². The van der Waals surface area contributed by atoms with Gasteiger partial charge >= 0.3 is 0 Å². The van der Waals surface area contributed by atoms with E-state index in [0.717, 1.165) is 47.0 Å². The average molecular weight is 805 g/mol. The topological polar surface area (TPSA) is 6.48 Å². The molecule has 2 aliphatic rings. The fourth-order valence-corrected chi connectivity index (χ4v) is 9.99. The van der Waals surface area contributed by atoms with Gasteiger partial charge in [-0.2, -0.15) is 0 Å². The summed E-state index contributed by atoms with van der Waals surface area (Å²) in [5, 5.41) is 0.476. The Bertz CT molecular complexity index is 2740. The molecule has 10 rings (SSSR count). The summed E-state index contributed by atoms with van der Waals surface area (Å²) in [5.41, 5.74) is 17.1. The van der Waals surface area contributed by atoms with E-state index in [-0.39, 0.29) is 0 Å². The van der Waals surface area contributed by atoms with E-state index >= 15 is 0 Å². The Kier molecular flexibility index (Phi) is 11.2. The van der Waals surface area contributed by atoms with E-state index in [4.69, 9.17) is 0 Å². The van der Waals surface area contributed by atoms with Crippen molar-refractivity contribution >= 4 is 56.4 Å². The Hall–Kier alpha value is -6.81. The predicted molar refractivity (Wildman–Crippen MR) is 262 cm³/mol. The molecule has 1 aliphatic heterocycles. The Labute approximate surface area is 365 Å². The largest absolute Gasteiger partial charge is 0.311 e. The molecule has 0 fully saturated rings. The van der Waals surface area contributed by atoms with Crippen molar-refractivity contribution in [2.24, 2.45) is 0 Å². The normalized spacial score (nSPS) is 14.9. The van der Waals surface area contributed by atoms with E-state index in [1.54, 1.807) is 0 Å². The summed E-state index contributed by atoms with van der Waals surface area (Å²) in [5.74, 6) is 0. The first-order valence-electron chi connectivity index (χ1n) is 21.6. The van der Waals surface area contributed by atoms with Crippen LogP contribution in [0.1, 0.15) is 54.0 Å². The van der Waals surface area contributed by atoms with Gasteiger partial charge in [0.2, 0.25) is 0 Å². The van der Waals surface area contributed by atoms with Crippen molar-refractivity contribution in [3.63, 3.8) is 0 Å². The van der Waals surface area contributed by atoms with Gasteiger partial charge in [0.15, 0.2) is 0 Å². The first kappa shape index (κ1) is 38.4. The number of rotatable bonds is 11. The molecule has 1 aliphatic carbocycles. The molecule has 1 heterocycles. The molecule has 1 atom stereocenters. The highest BCUT2D eigenvalue weighted by atomic mass is 32.2. The molecule has 0 aromatic heterocycles. The molecule has 296 valence electrons. The maximum absolute atomic E-state index is 2.43. The molecule has 0 radical (unpaired) electrons.